The van der Waals surface area contributed by atoms with E-state index in [1.807, 2.05) is 0 Å². The van der Waals surface area contributed by atoms with Crippen molar-refractivity contribution < 1.29 is 22.9 Å². The van der Waals surface area contributed by atoms with Crippen molar-refractivity contribution in [2.45, 2.75) is 6.18 Å². The Morgan fingerprint density at radius 3 is 2.57 bits per heavy atom. The van der Waals surface area contributed by atoms with Crippen LogP contribution in [-0.4, -0.2) is 10.8 Å². The molecule has 0 bridgehead atoms. The lowest BCUT2D eigenvalue weighted by atomic mass is 10.1. The van der Waals surface area contributed by atoms with Crippen molar-refractivity contribution >= 4 is 34.6 Å². The number of halogens is 4. The molecular formula is C17H10ClF3N4O3. The lowest BCUT2D eigenvalue weighted by molar-refractivity contribution is -0.384. The molecule has 0 aliphatic heterocycles. The maximum absolute atomic E-state index is 13.1. The van der Waals surface area contributed by atoms with Crippen molar-refractivity contribution in [3.63, 3.8) is 0 Å². The van der Waals surface area contributed by atoms with Crippen LogP contribution in [0.4, 0.5) is 30.2 Å². The molecule has 2 rings (SSSR count). The summed E-state index contributed by atoms with van der Waals surface area (Å²) in [5.41, 5.74) is -2.27. The Labute approximate surface area is 161 Å². The highest BCUT2D eigenvalue weighted by molar-refractivity contribution is 6.30. The number of hydrogen-bond acceptors (Lipinski definition) is 5. The largest absolute Gasteiger partial charge is 0.418 e. The predicted octanol–water partition coefficient (Wildman–Crippen LogP) is 4.73. The van der Waals surface area contributed by atoms with E-state index in [-0.39, 0.29) is 16.4 Å². The first-order chi connectivity index (χ1) is 13.1. The summed E-state index contributed by atoms with van der Waals surface area (Å²) in [6.07, 6.45) is -3.91. The third kappa shape index (κ3) is 5.21. The van der Waals surface area contributed by atoms with Crippen LogP contribution in [0.3, 0.4) is 0 Å². The van der Waals surface area contributed by atoms with Crippen LogP contribution >= 0.6 is 11.6 Å². The Morgan fingerprint density at radius 2 is 1.96 bits per heavy atom. The van der Waals surface area contributed by atoms with E-state index < -0.39 is 33.8 Å². The average Bonchev–Trinajstić information content (AvgIpc) is 2.62. The van der Waals surface area contributed by atoms with Gasteiger partial charge in [-0.2, -0.15) is 18.4 Å². The predicted molar refractivity (Wildman–Crippen MR) is 95.5 cm³/mol. The van der Waals surface area contributed by atoms with E-state index >= 15 is 0 Å². The monoisotopic (exact) mass is 410 g/mol. The quantitative estimate of drug-likeness (QED) is 0.321. The topological polar surface area (TPSA) is 108 Å². The number of hydrogen-bond donors (Lipinski definition) is 2. The van der Waals surface area contributed by atoms with Crippen molar-refractivity contribution in [2.75, 3.05) is 10.6 Å². The van der Waals surface area contributed by atoms with Gasteiger partial charge in [-0.1, -0.05) is 17.7 Å². The summed E-state index contributed by atoms with van der Waals surface area (Å²) in [6, 6.07) is 9.46. The summed E-state index contributed by atoms with van der Waals surface area (Å²) >= 11 is 5.58. The molecule has 0 saturated heterocycles. The molecule has 2 aromatic rings. The molecule has 11 heteroatoms. The molecule has 0 fully saturated rings. The number of benzene rings is 2. The van der Waals surface area contributed by atoms with E-state index in [0.717, 1.165) is 18.3 Å². The first kappa shape index (κ1) is 20.7. The highest BCUT2D eigenvalue weighted by atomic mass is 35.5. The van der Waals surface area contributed by atoms with Gasteiger partial charge in [0, 0.05) is 29.0 Å². The molecule has 1 amide bonds. The fourth-order valence-corrected chi connectivity index (χ4v) is 2.24. The van der Waals surface area contributed by atoms with Crippen LogP contribution in [0, 0.1) is 21.4 Å². The molecule has 0 unspecified atom stereocenters. The number of nitriles is 1. The lowest BCUT2D eigenvalue weighted by Crippen LogP contribution is -2.15. The standard InChI is InChI=1S/C17H10ClF3N4O3/c18-11-4-5-15(14(6-11)17(19,20)21)23-9-10(8-22)16(26)24-12-2-1-3-13(7-12)25(27)28/h1-7,9,23H,(H,24,26)/b10-9-. The SMILES string of the molecule is N#C/C(=C/Nc1ccc(Cl)cc1C(F)(F)F)C(=O)Nc1cccc([N+](=O)[O-])c1. The Bertz CT molecular complexity index is 1000. The summed E-state index contributed by atoms with van der Waals surface area (Å²) in [5, 5.41) is 24.2. The van der Waals surface area contributed by atoms with Crippen LogP contribution in [-0.2, 0) is 11.0 Å². The van der Waals surface area contributed by atoms with E-state index in [1.54, 1.807) is 6.07 Å². The van der Waals surface area contributed by atoms with E-state index in [2.05, 4.69) is 10.6 Å². The zero-order valence-corrected chi connectivity index (χ0v) is 14.5. The molecule has 0 spiro atoms. The fourth-order valence-electron chi connectivity index (χ4n) is 2.07. The van der Waals surface area contributed by atoms with Gasteiger partial charge >= 0.3 is 6.18 Å². The Hall–Kier alpha value is -3.58. The molecule has 2 N–H and O–H groups in total. The van der Waals surface area contributed by atoms with Crippen molar-refractivity contribution in [3.05, 3.63) is 74.9 Å². The van der Waals surface area contributed by atoms with Crippen LogP contribution in [0.2, 0.25) is 5.02 Å². The highest BCUT2D eigenvalue weighted by Gasteiger charge is 2.33. The first-order valence-electron chi connectivity index (χ1n) is 7.41. The third-order valence-electron chi connectivity index (χ3n) is 3.34. The number of non-ortho nitro benzene ring substituents is 1. The highest BCUT2D eigenvalue weighted by Crippen LogP contribution is 2.36. The molecule has 7 nitrogen and oxygen atoms in total. The van der Waals surface area contributed by atoms with Gasteiger partial charge in [0.2, 0.25) is 0 Å². The maximum atomic E-state index is 13.1. The summed E-state index contributed by atoms with van der Waals surface area (Å²) in [6.45, 7) is 0. The van der Waals surface area contributed by atoms with Crippen LogP contribution in [0.25, 0.3) is 0 Å². The number of nitrogens with one attached hydrogen (secondary N) is 2. The molecule has 0 aromatic heterocycles. The average molecular weight is 411 g/mol. The Balaban J connectivity index is 2.23. The smallest absolute Gasteiger partial charge is 0.360 e. The van der Waals surface area contributed by atoms with E-state index in [9.17, 15) is 28.1 Å². The van der Waals surface area contributed by atoms with E-state index in [4.69, 9.17) is 16.9 Å². The Kier molecular flexibility index (Phi) is 6.22. The molecule has 28 heavy (non-hydrogen) atoms. The maximum Gasteiger partial charge on any atom is 0.418 e. The number of carbonyl (C=O) groups is 1. The molecule has 2 aromatic carbocycles. The number of nitro groups is 1. The van der Waals surface area contributed by atoms with Crippen LogP contribution in [0.15, 0.2) is 54.2 Å². The van der Waals surface area contributed by atoms with Gasteiger partial charge < -0.3 is 10.6 Å². The summed E-state index contributed by atoms with van der Waals surface area (Å²) in [4.78, 5) is 22.2. The lowest BCUT2D eigenvalue weighted by Gasteiger charge is -2.13. The van der Waals surface area contributed by atoms with Gasteiger partial charge in [0.25, 0.3) is 11.6 Å². The molecule has 0 aliphatic carbocycles. The minimum absolute atomic E-state index is 0.0443. The van der Waals surface area contributed by atoms with Crippen molar-refractivity contribution in [1.29, 1.82) is 5.26 Å². The van der Waals surface area contributed by atoms with Gasteiger partial charge in [-0.3, -0.25) is 14.9 Å². The van der Waals surface area contributed by atoms with Gasteiger partial charge in [0.1, 0.15) is 11.6 Å². The van der Waals surface area contributed by atoms with Gasteiger partial charge in [-0.25, -0.2) is 0 Å². The van der Waals surface area contributed by atoms with Crippen LogP contribution in [0.1, 0.15) is 5.56 Å². The van der Waals surface area contributed by atoms with Gasteiger partial charge in [-0.05, 0) is 24.3 Å². The number of nitro benzene ring substituents is 1. The number of anilines is 2. The van der Waals surface area contributed by atoms with E-state index in [0.29, 0.717) is 6.07 Å². The summed E-state index contributed by atoms with van der Waals surface area (Å²) in [7, 11) is 0. The molecule has 144 valence electrons. The van der Waals surface area contributed by atoms with Crippen molar-refractivity contribution in [1.82, 2.24) is 0 Å². The number of alkyl halides is 3. The minimum atomic E-state index is -4.71. The van der Waals surface area contributed by atoms with Crippen LogP contribution in [0.5, 0.6) is 0 Å². The number of carbonyl (C=O) groups excluding carboxylic acids is 1. The molecule has 0 aliphatic rings. The molecule has 0 radical (unpaired) electrons. The van der Waals surface area contributed by atoms with E-state index in [1.165, 1.54) is 24.3 Å². The van der Waals surface area contributed by atoms with Crippen LogP contribution < -0.4 is 10.6 Å². The number of rotatable bonds is 5. The molecule has 0 atom stereocenters. The number of nitrogens with zero attached hydrogens (tertiary/aromatic N) is 2. The third-order valence-corrected chi connectivity index (χ3v) is 3.57. The molecule has 0 heterocycles. The molecular weight excluding hydrogens is 401 g/mol. The first-order valence-corrected chi connectivity index (χ1v) is 7.79. The van der Waals surface area contributed by atoms with Crippen molar-refractivity contribution in [3.8, 4) is 6.07 Å². The zero-order chi connectivity index (χ0) is 20.9. The van der Waals surface area contributed by atoms with Gasteiger partial charge in [0.15, 0.2) is 0 Å². The second-order valence-corrected chi connectivity index (χ2v) is 5.70. The minimum Gasteiger partial charge on any atom is -0.360 e. The second kappa shape index (κ2) is 8.41. The van der Waals surface area contributed by atoms with Gasteiger partial charge in [0.05, 0.1) is 16.2 Å². The van der Waals surface area contributed by atoms with Gasteiger partial charge in [-0.15, -0.1) is 0 Å². The molecule has 0 saturated carbocycles. The summed E-state index contributed by atoms with van der Waals surface area (Å²) < 4.78 is 39.2. The summed E-state index contributed by atoms with van der Waals surface area (Å²) in [5.74, 6) is -0.960. The van der Waals surface area contributed by atoms with Crippen molar-refractivity contribution in [2.24, 2.45) is 0 Å². The Morgan fingerprint density at radius 1 is 1.25 bits per heavy atom. The fraction of sp³-hybridized carbons (Fsp3) is 0.0588. The normalized spacial score (nSPS) is 11.5. The zero-order valence-electron chi connectivity index (χ0n) is 13.7. The second-order valence-electron chi connectivity index (χ2n) is 5.26. The number of amides is 1.